The molecule has 0 aliphatic rings. The van der Waals surface area contributed by atoms with Crippen LogP contribution in [0.25, 0.3) is 0 Å². The normalized spacial score (nSPS) is 11.3. The number of carbonyl (C=O) groups is 1. The van der Waals surface area contributed by atoms with E-state index in [-0.39, 0.29) is 24.5 Å². The average Bonchev–Trinajstić information content (AvgIpc) is 2.60. The van der Waals surface area contributed by atoms with Gasteiger partial charge in [-0.25, -0.2) is 8.42 Å². The first kappa shape index (κ1) is 19.2. The lowest BCUT2D eigenvalue weighted by Gasteiger charge is -2.22. The van der Waals surface area contributed by atoms with Gasteiger partial charge in [-0.05, 0) is 29.8 Å². The van der Waals surface area contributed by atoms with Gasteiger partial charge in [-0.15, -0.1) is 6.58 Å². The van der Waals surface area contributed by atoms with Gasteiger partial charge in [0.25, 0.3) is 0 Å². The summed E-state index contributed by atoms with van der Waals surface area (Å²) in [6.45, 7) is 3.61. The minimum Gasteiger partial charge on any atom is -0.351 e. The molecule has 1 N–H and O–H groups in total. The molecule has 0 aliphatic heterocycles. The van der Waals surface area contributed by atoms with E-state index in [4.69, 9.17) is 11.6 Å². The summed E-state index contributed by atoms with van der Waals surface area (Å²) < 4.78 is 27.0. The first-order valence-electron chi connectivity index (χ1n) is 7.60. The van der Waals surface area contributed by atoms with Crippen molar-refractivity contribution in [3.05, 3.63) is 77.8 Å². The van der Waals surface area contributed by atoms with Gasteiger partial charge in [0, 0.05) is 18.1 Å². The van der Waals surface area contributed by atoms with Crippen molar-refractivity contribution in [2.24, 2.45) is 0 Å². The van der Waals surface area contributed by atoms with Crippen LogP contribution < -0.4 is 5.32 Å². The number of hydrogen-bond donors (Lipinski definition) is 1. The lowest BCUT2D eigenvalue weighted by molar-refractivity contribution is -0.121. The van der Waals surface area contributed by atoms with Crippen molar-refractivity contribution in [2.75, 3.05) is 13.1 Å². The second-order valence-corrected chi connectivity index (χ2v) is 7.68. The Morgan fingerprint density at radius 2 is 1.76 bits per heavy atom. The van der Waals surface area contributed by atoms with E-state index in [9.17, 15) is 13.2 Å². The summed E-state index contributed by atoms with van der Waals surface area (Å²) in [4.78, 5) is 12.1. The van der Waals surface area contributed by atoms with Crippen LogP contribution in [0.1, 0.15) is 5.56 Å². The molecule has 0 bridgehead atoms. The van der Waals surface area contributed by atoms with Crippen molar-refractivity contribution in [2.45, 2.75) is 11.4 Å². The van der Waals surface area contributed by atoms with Gasteiger partial charge >= 0.3 is 0 Å². The molecule has 0 unspecified atom stereocenters. The molecule has 0 heterocycles. The standard InChI is InChI=1S/C18H19ClN2O3S/c1-2-12-20-18(22)14-21(13-15-6-4-3-5-7-15)25(23,24)17-10-8-16(19)9-11-17/h2-11H,1,12-14H2,(H,20,22). The second-order valence-electron chi connectivity index (χ2n) is 5.31. The van der Waals surface area contributed by atoms with Gasteiger partial charge in [0.1, 0.15) is 0 Å². The van der Waals surface area contributed by atoms with Gasteiger partial charge in [-0.2, -0.15) is 4.31 Å². The van der Waals surface area contributed by atoms with Gasteiger partial charge in [0.05, 0.1) is 11.4 Å². The quantitative estimate of drug-likeness (QED) is 0.718. The average molecular weight is 379 g/mol. The number of amides is 1. The maximum absolute atomic E-state index is 12.9. The molecular weight excluding hydrogens is 360 g/mol. The molecule has 0 aliphatic carbocycles. The fourth-order valence-electron chi connectivity index (χ4n) is 2.17. The van der Waals surface area contributed by atoms with E-state index in [0.717, 1.165) is 9.87 Å². The maximum Gasteiger partial charge on any atom is 0.243 e. The monoisotopic (exact) mass is 378 g/mol. The Balaban J connectivity index is 2.30. The van der Waals surface area contributed by atoms with Crippen LogP contribution in [0.2, 0.25) is 5.02 Å². The van der Waals surface area contributed by atoms with Crippen LogP contribution in [0.4, 0.5) is 0 Å². The lowest BCUT2D eigenvalue weighted by atomic mass is 10.2. The first-order chi connectivity index (χ1) is 11.9. The molecule has 132 valence electrons. The van der Waals surface area contributed by atoms with Crippen molar-refractivity contribution >= 4 is 27.5 Å². The molecule has 5 nitrogen and oxygen atoms in total. The topological polar surface area (TPSA) is 66.5 Å². The van der Waals surface area contributed by atoms with Gasteiger partial charge in [-0.1, -0.05) is 48.0 Å². The van der Waals surface area contributed by atoms with E-state index in [2.05, 4.69) is 11.9 Å². The highest BCUT2D eigenvalue weighted by atomic mass is 35.5. The third-order valence-electron chi connectivity index (χ3n) is 3.42. The van der Waals surface area contributed by atoms with Crippen molar-refractivity contribution in [1.29, 1.82) is 0 Å². The number of carbonyl (C=O) groups excluding carboxylic acids is 1. The van der Waals surface area contributed by atoms with E-state index in [1.807, 2.05) is 30.3 Å². The van der Waals surface area contributed by atoms with Crippen LogP contribution in [0.15, 0.2) is 72.1 Å². The Bertz CT molecular complexity index is 821. The minimum atomic E-state index is -3.85. The molecule has 0 saturated carbocycles. The number of nitrogens with zero attached hydrogens (tertiary/aromatic N) is 1. The molecule has 1 amide bonds. The Hall–Kier alpha value is -2.15. The molecule has 0 fully saturated rings. The molecule has 0 spiro atoms. The highest BCUT2D eigenvalue weighted by Gasteiger charge is 2.26. The van der Waals surface area contributed by atoms with E-state index < -0.39 is 15.9 Å². The minimum absolute atomic E-state index is 0.0874. The third kappa shape index (κ3) is 5.42. The molecule has 25 heavy (non-hydrogen) atoms. The molecule has 0 radical (unpaired) electrons. The highest BCUT2D eigenvalue weighted by Crippen LogP contribution is 2.20. The van der Waals surface area contributed by atoms with Crippen LogP contribution in [-0.4, -0.2) is 31.7 Å². The maximum atomic E-state index is 12.9. The molecule has 2 rings (SSSR count). The molecule has 7 heteroatoms. The van der Waals surface area contributed by atoms with Crippen LogP contribution in [0, 0.1) is 0 Å². The van der Waals surface area contributed by atoms with Gasteiger partial charge in [0.15, 0.2) is 0 Å². The number of hydrogen-bond acceptors (Lipinski definition) is 3. The smallest absolute Gasteiger partial charge is 0.243 e. The number of nitrogens with one attached hydrogen (secondary N) is 1. The molecule has 2 aromatic rings. The summed E-state index contributed by atoms with van der Waals surface area (Å²) in [5.74, 6) is -0.395. The van der Waals surface area contributed by atoms with Crippen molar-refractivity contribution in [1.82, 2.24) is 9.62 Å². The first-order valence-corrected chi connectivity index (χ1v) is 9.42. The molecular formula is C18H19ClN2O3S. The predicted molar refractivity (Wildman–Crippen MR) is 98.7 cm³/mol. The van der Waals surface area contributed by atoms with Crippen LogP contribution in [0.3, 0.4) is 0 Å². The van der Waals surface area contributed by atoms with E-state index in [0.29, 0.717) is 5.02 Å². The SMILES string of the molecule is C=CCNC(=O)CN(Cc1ccccc1)S(=O)(=O)c1ccc(Cl)cc1. The number of rotatable bonds is 8. The number of halogens is 1. The zero-order chi connectivity index (χ0) is 18.3. The Morgan fingerprint density at radius 1 is 1.12 bits per heavy atom. The zero-order valence-corrected chi connectivity index (χ0v) is 15.1. The summed E-state index contributed by atoms with van der Waals surface area (Å²) >= 11 is 5.83. The summed E-state index contributed by atoms with van der Waals surface area (Å²) in [6.07, 6.45) is 1.53. The molecule has 0 aromatic heterocycles. The van der Waals surface area contributed by atoms with E-state index in [1.165, 1.54) is 30.3 Å². The summed E-state index contributed by atoms with van der Waals surface area (Å²) in [6, 6.07) is 15.0. The Kier molecular flexibility index (Phi) is 6.75. The fraction of sp³-hybridized carbons (Fsp3) is 0.167. The Morgan fingerprint density at radius 3 is 2.36 bits per heavy atom. The van der Waals surface area contributed by atoms with Crippen LogP contribution in [0.5, 0.6) is 0 Å². The van der Waals surface area contributed by atoms with Crippen molar-refractivity contribution < 1.29 is 13.2 Å². The van der Waals surface area contributed by atoms with Crippen LogP contribution >= 0.6 is 11.6 Å². The molecule has 2 aromatic carbocycles. The third-order valence-corrected chi connectivity index (χ3v) is 5.47. The largest absolute Gasteiger partial charge is 0.351 e. The van der Waals surface area contributed by atoms with Crippen molar-refractivity contribution in [3.8, 4) is 0 Å². The van der Waals surface area contributed by atoms with Gasteiger partial charge in [-0.3, -0.25) is 4.79 Å². The lowest BCUT2D eigenvalue weighted by Crippen LogP contribution is -2.40. The Labute approximate surface area is 153 Å². The summed E-state index contributed by atoms with van der Waals surface area (Å²) in [5, 5.41) is 3.04. The zero-order valence-electron chi connectivity index (χ0n) is 13.6. The van der Waals surface area contributed by atoms with Gasteiger partial charge < -0.3 is 5.32 Å². The van der Waals surface area contributed by atoms with E-state index >= 15 is 0 Å². The number of sulfonamides is 1. The van der Waals surface area contributed by atoms with E-state index in [1.54, 1.807) is 0 Å². The predicted octanol–water partition coefficient (Wildman–Crippen LogP) is 2.83. The highest BCUT2D eigenvalue weighted by molar-refractivity contribution is 7.89. The van der Waals surface area contributed by atoms with Crippen molar-refractivity contribution in [3.63, 3.8) is 0 Å². The summed E-state index contributed by atoms with van der Waals surface area (Å²) in [7, 11) is -3.85. The van der Waals surface area contributed by atoms with Gasteiger partial charge in [0.2, 0.25) is 15.9 Å². The second kappa shape index (κ2) is 8.80. The number of benzene rings is 2. The fourth-order valence-corrected chi connectivity index (χ4v) is 3.68. The summed E-state index contributed by atoms with van der Waals surface area (Å²) in [5.41, 5.74) is 0.788. The molecule has 0 saturated heterocycles. The van der Waals surface area contributed by atoms with Crippen LogP contribution in [-0.2, 0) is 21.4 Å². The molecule has 0 atom stereocenters.